The van der Waals surface area contributed by atoms with Gasteiger partial charge in [0.05, 0.1) is 25.1 Å². The molecule has 80 valence electrons. The van der Waals surface area contributed by atoms with Crippen LogP contribution in [0.5, 0.6) is 0 Å². The van der Waals surface area contributed by atoms with E-state index in [-0.39, 0.29) is 0 Å². The molecule has 2 rings (SSSR count). The zero-order chi connectivity index (χ0) is 10.7. The van der Waals surface area contributed by atoms with Crippen molar-refractivity contribution < 1.29 is 4.74 Å². The van der Waals surface area contributed by atoms with Crippen molar-refractivity contribution in [2.45, 2.75) is 0 Å². The number of hydrogen-bond donors (Lipinski definition) is 1. The second-order valence-corrected chi connectivity index (χ2v) is 3.80. The first-order chi connectivity index (χ1) is 7.29. The molecule has 2 N–H and O–H groups in total. The van der Waals surface area contributed by atoms with Gasteiger partial charge in [0.1, 0.15) is 4.99 Å². The number of nitrogens with two attached hydrogens (primary N) is 1. The van der Waals surface area contributed by atoms with Crippen molar-refractivity contribution in [1.29, 1.82) is 0 Å². The Morgan fingerprint density at radius 2 is 2.20 bits per heavy atom. The Bertz CT molecular complexity index is 363. The van der Waals surface area contributed by atoms with E-state index in [0.717, 1.165) is 37.6 Å². The Morgan fingerprint density at radius 1 is 1.47 bits per heavy atom. The van der Waals surface area contributed by atoms with E-state index in [4.69, 9.17) is 22.7 Å². The fourth-order valence-corrected chi connectivity index (χ4v) is 1.82. The van der Waals surface area contributed by atoms with Crippen LogP contribution in [-0.4, -0.2) is 36.3 Å². The molecule has 1 aliphatic rings. The molecule has 5 heteroatoms. The highest BCUT2D eigenvalue weighted by Crippen LogP contribution is 2.19. The molecular weight excluding hydrogens is 210 g/mol. The van der Waals surface area contributed by atoms with Crippen LogP contribution in [0.25, 0.3) is 0 Å². The van der Waals surface area contributed by atoms with Crippen LogP contribution in [0.15, 0.2) is 18.5 Å². The van der Waals surface area contributed by atoms with E-state index in [1.165, 1.54) is 0 Å². The number of hydrogen-bond acceptors (Lipinski definition) is 4. The van der Waals surface area contributed by atoms with Gasteiger partial charge in [-0.05, 0) is 6.07 Å². The topological polar surface area (TPSA) is 51.4 Å². The average Bonchev–Trinajstić information content (AvgIpc) is 2.30. The third-order valence-electron chi connectivity index (χ3n) is 2.42. The zero-order valence-electron chi connectivity index (χ0n) is 8.35. The normalized spacial score (nSPS) is 16.4. The van der Waals surface area contributed by atoms with Crippen LogP contribution < -0.4 is 10.6 Å². The van der Waals surface area contributed by atoms with Crippen molar-refractivity contribution in [2.75, 3.05) is 31.2 Å². The predicted octanol–water partition coefficient (Wildman–Crippen LogP) is 0.552. The number of pyridine rings is 1. The van der Waals surface area contributed by atoms with Crippen LogP contribution >= 0.6 is 12.2 Å². The predicted molar refractivity (Wildman–Crippen MR) is 63.2 cm³/mol. The number of anilines is 1. The summed E-state index contributed by atoms with van der Waals surface area (Å²) in [5.74, 6) is 0. The first-order valence-electron chi connectivity index (χ1n) is 4.85. The Kier molecular flexibility index (Phi) is 3.13. The third-order valence-corrected chi connectivity index (χ3v) is 2.64. The Labute approximate surface area is 94.0 Å². The van der Waals surface area contributed by atoms with E-state index in [1.807, 2.05) is 6.07 Å². The van der Waals surface area contributed by atoms with Crippen molar-refractivity contribution in [3.8, 4) is 0 Å². The van der Waals surface area contributed by atoms with Crippen LogP contribution in [-0.2, 0) is 4.74 Å². The van der Waals surface area contributed by atoms with Crippen molar-refractivity contribution in [1.82, 2.24) is 4.98 Å². The Morgan fingerprint density at radius 3 is 2.87 bits per heavy atom. The third kappa shape index (κ3) is 2.24. The summed E-state index contributed by atoms with van der Waals surface area (Å²) in [6.45, 7) is 3.21. The maximum absolute atomic E-state index is 5.67. The lowest BCUT2D eigenvalue weighted by Crippen LogP contribution is -2.37. The Balaban J connectivity index is 2.29. The van der Waals surface area contributed by atoms with E-state index in [0.29, 0.717) is 4.99 Å². The van der Waals surface area contributed by atoms with E-state index in [9.17, 15) is 0 Å². The number of ether oxygens (including phenoxy) is 1. The molecule has 0 bridgehead atoms. The fourth-order valence-electron chi connectivity index (χ4n) is 1.65. The highest BCUT2D eigenvalue weighted by Gasteiger charge is 2.15. The lowest BCUT2D eigenvalue weighted by Gasteiger charge is -2.29. The van der Waals surface area contributed by atoms with Crippen molar-refractivity contribution in [3.63, 3.8) is 0 Å². The quantitative estimate of drug-likeness (QED) is 0.742. The molecule has 15 heavy (non-hydrogen) atoms. The summed E-state index contributed by atoms with van der Waals surface area (Å²) in [4.78, 5) is 6.72. The summed E-state index contributed by atoms with van der Waals surface area (Å²) in [7, 11) is 0. The molecule has 1 aromatic heterocycles. The highest BCUT2D eigenvalue weighted by molar-refractivity contribution is 7.80. The van der Waals surface area contributed by atoms with Crippen LogP contribution in [0, 0.1) is 0 Å². The molecule has 4 nitrogen and oxygen atoms in total. The largest absolute Gasteiger partial charge is 0.389 e. The van der Waals surface area contributed by atoms with E-state index in [1.54, 1.807) is 12.4 Å². The summed E-state index contributed by atoms with van der Waals surface area (Å²) >= 11 is 5.01. The molecular formula is C10H13N3OS. The number of rotatable bonds is 2. The number of aromatic nitrogens is 1. The molecule has 1 saturated heterocycles. The SMILES string of the molecule is NC(=S)c1ccncc1N1CCOCC1. The van der Waals surface area contributed by atoms with Gasteiger partial charge < -0.3 is 15.4 Å². The number of thiocarbonyl (C=S) groups is 1. The van der Waals surface area contributed by atoms with E-state index in [2.05, 4.69) is 9.88 Å². The van der Waals surface area contributed by atoms with Crippen molar-refractivity contribution in [3.05, 3.63) is 24.0 Å². The molecule has 0 spiro atoms. The number of morpholine rings is 1. The first kappa shape index (κ1) is 10.3. The highest BCUT2D eigenvalue weighted by atomic mass is 32.1. The molecule has 1 aromatic rings. The average molecular weight is 223 g/mol. The Hall–Kier alpha value is -1.20. The van der Waals surface area contributed by atoms with Gasteiger partial charge >= 0.3 is 0 Å². The van der Waals surface area contributed by atoms with Gasteiger partial charge in [-0.25, -0.2) is 0 Å². The molecule has 2 heterocycles. The van der Waals surface area contributed by atoms with Gasteiger partial charge in [-0.2, -0.15) is 0 Å². The summed E-state index contributed by atoms with van der Waals surface area (Å²) in [5.41, 5.74) is 7.57. The van der Waals surface area contributed by atoms with Gasteiger partial charge in [-0.15, -0.1) is 0 Å². The van der Waals surface area contributed by atoms with Gasteiger partial charge in [-0.3, -0.25) is 4.98 Å². The van der Waals surface area contributed by atoms with Crippen molar-refractivity contribution in [2.24, 2.45) is 5.73 Å². The molecule has 0 saturated carbocycles. The molecule has 0 amide bonds. The minimum Gasteiger partial charge on any atom is -0.389 e. The summed E-state index contributed by atoms with van der Waals surface area (Å²) < 4.78 is 5.30. The second kappa shape index (κ2) is 4.55. The van der Waals surface area contributed by atoms with Gasteiger partial charge in [-0.1, -0.05) is 12.2 Å². The van der Waals surface area contributed by atoms with E-state index < -0.39 is 0 Å². The van der Waals surface area contributed by atoms with Crippen molar-refractivity contribution >= 4 is 22.9 Å². The standard InChI is InChI=1S/C10H13N3OS/c11-10(15)8-1-2-12-7-9(8)13-3-5-14-6-4-13/h1-2,7H,3-6H2,(H2,11,15). The van der Waals surface area contributed by atoms with Crippen LogP contribution in [0.4, 0.5) is 5.69 Å². The van der Waals surface area contributed by atoms with Gasteiger partial charge in [0.2, 0.25) is 0 Å². The smallest absolute Gasteiger partial charge is 0.106 e. The summed E-state index contributed by atoms with van der Waals surface area (Å²) in [6.07, 6.45) is 3.51. The lowest BCUT2D eigenvalue weighted by atomic mass is 10.2. The fraction of sp³-hybridized carbons (Fsp3) is 0.400. The molecule has 0 unspecified atom stereocenters. The molecule has 0 atom stereocenters. The zero-order valence-corrected chi connectivity index (χ0v) is 9.17. The van der Waals surface area contributed by atoms with Crippen LogP contribution in [0.2, 0.25) is 0 Å². The minimum atomic E-state index is 0.416. The maximum Gasteiger partial charge on any atom is 0.106 e. The molecule has 0 aliphatic carbocycles. The maximum atomic E-state index is 5.67. The summed E-state index contributed by atoms with van der Waals surface area (Å²) in [6, 6.07) is 1.85. The monoisotopic (exact) mass is 223 g/mol. The molecule has 1 fully saturated rings. The number of nitrogens with zero attached hydrogens (tertiary/aromatic N) is 2. The van der Waals surface area contributed by atoms with Crippen LogP contribution in [0.1, 0.15) is 5.56 Å². The van der Waals surface area contributed by atoms with Gasteiger partial charge in [0.25, 0.3) is 0 Å². The first-order valence-corrected chi connectivity index (χ1v) is 5.26. The van der Waals surface area contributed by atoms with Crippen LogP contribution in [0.3, 0.4) is 0 Å². The summed E-state index contributed by atoms with van der Waals surface area (Å²) in [5, 5.41) is 0. The molecule has 1 aliphatic heterocycles. The lowest BCUT2D eigenvalue weighted by molar-refractivity contribution is 0.122. The van der Waals surface area contributed by atoms with E-state index >= 15 is 0 Å². The van der Waals surface area contributed by atoms with Gasteiger partial charge in [0, 0.05) is 24.8 Å². The molecule has 0 radical (unpaired) electrons. The second-order valence-electron chi connectivity index (χ2n) is 3.36. The molecule has 0 aromatic carbocycles. The minimum absolute atomic E-state index is 0.416. The van der Waals surface area contributed by atoms with Gasteiger partial charge in [0.15, 0.2) is 0 Å².